The Kier molecular flexibility index (Phi) is 4.23. The highest BCUT2D eigenvalue weighted by molar-refractivity contribution is 7.92. The summed E-state index contributed by atoms with van der Waals surface area (Å²) in [6.07, 6.45) is 0.758. The largest absolute Gasteiger partial charge is 0.398 e. The first-order valence-corrected chi connectivity index (χ1v) is 8.31. The van der Waals surface area contributed by atoms with Crippen LogP contribution in [0.3, 0.4) is 0 Å². The van der Waals surface area contributed by atoms with E-state index in [0.29, 0.717) is 22.5 Å². The van der Waals surface area contributed by atoms with Crippen molar-refractivity contribution < 1.29 is 8.42 Å². The topological polar surface area (TPSA) is 72.2 Å². The fourth-order valence-corrected chi connectivity index (χ4v) is 3.98. The van der Waals surface area contributed by atoms with Gasteiger partial charge in [0, 0.05) is 5.69 Å². The summed E-state index contributed by atoms with van der Waals surface area (Å²) in [7, 11) is -3.66. The van der Waals surface area contributed by atoms with Gasteiger partial charge in [-0.2, -0.15) is 0 Å². The van der Waals surface area contributed by atoms with Crippen LogP contribution in [0.2, 0.25) is 0 Å². The van der Waals surface area contributed by atoms with Crippen molar-refractivity contribution in [2.45, 2.75) is 32.1 Å². The normalized spacial score (nSPS) is 11.4. The Bertz CT molecular complexity index is 768. The number of nitrogens with two attached hydrogens (primary N) is 1. The Labute approximate surface area is 126 Å². The highest BCUT2D eigenvalue weighted by Gasteiger charge is 2.21. The van der Waals surface area contributed by atoms with E-state index in [0.717, 1.165) is 12.0 Å². The minimum absolute atomic E-state index is 0.258. The average molecular weight is 304 g/mol. The molecule has 0 heterocycles. The maximum Gasteiger partial charge on any atom is 0.262 e. The highest BCUT2D eigenvalue weighted by Crippen LogP contribution is 2.27. The number of sulfonamides is 1. The predicted octanol–water partition coefficient (Wildman–Crippen LogP) is 3.25. The van der Waals surface area contributed by atoms with Gasteiger partial charge in [-0.1, -0.05) is 31.2 Å². The van der Waals surface area contributed by atoms with Crippen molar-refractivity contribution in [1.82, 2.24) is 0 Å². The van der Waals surface area contributed by atoms with Crippen molar-refractivity contribution in [2.24, 2.45) is 0 Å². The highest BCUT2D eigenvalue weighted by atomic mass is 32.2. The van der Waals surface area contributed by atoms with Crippen LogP contribution in [0.5, 0.6) is 0 Å². The smallest absolute Gasteiger partial charge is 0.262 e. The molecule has 2 rings (SSSR count). The van der Waals surface area contributed by atoms with Crippen LogP contribution in [-0.4, -0.2) is 8.42 Å². The first-order valence-electron chi connectivity index (χ1n) is 6.83. The molecule has 0 unspecified atom stereocenters. The van der Waals surface area contributed by atoms with E-state index in [1.807, 2.05) is 25.1 Å². The standard InChI is InChI=1S/C16H20N2O2S/c1-4-13-7-5-6-8-15(13)18-21(19,20)16-11(2)9-10-14(17)12(16)3/h5-10,18H,4,17H2,1-3H3. The second-order valence-electron chi connectivity index (χ2n) is 5.04. The van der Waals surface area contributed by atoms with E-state index in [2.05, 4.69) is 4.72 Å². The molecule has 0 bridgehead atoms. The summed E-state index contributed by atoms with van der Waals surface area (Å²) in [4.78, 5) is 0.258. The number of hydrogen-bond acceptors (Lipinski definition) is 3. The van der Waals surface area contributed by atoms with Crippen LogP contribution in [0.1, 0.15) is 23.6 Å². The summed E-state index contributed by atoms with van der Waals surface area (Å²) in [6.45, 7) is 5.49. The minimum Gasteiger partial charge on any atom is -0.398 e. The molecule has 0 aliphatic carbocycles. The second-order valence-corrected chi connectivity index (χ2v) is 6.66. The van der Waals surface area contributed by atoms with Gasteiger partial charge in [-0.25, -0.2) is 8.42 Å². The van der Waals surface area contributed by atoms with Gasteiger partial charge < -0.3 is 5.73 Å². The van der Waals surface area contributed by atoms with Gasteiger partial charge in [-0.3, -0.25) is 4.72 Å². The Morgan fingerprint density at radius 1 is 1.10 bits per heavy atom. The molecule has 5 heteroatoms. The number of nitrogen functional groups attached to an aromatic ring is 1. The Hall–Kier alpha value is -2.01. The second kappa shape index (κ2) is 5.77. The molecule has 0 aromatic heterocycles. The van der Waals surface area contributed by atoms with E-state index in [9.17, 15) is 8.42 Å². The molecule has 0 atom stereocenters. The maximum absolute atomic E-state index is 12.7. The molecule has 2 aromatic carbocycles. The number of para-hydroxylation sites is 1. The quantitative estimate of drug-likeness (QED) is 0.852. The van der Waals surface area contributed by atoms with Crippen LogP contribution < -0.4 is 10.5 Å². The van der Waals surface area contributed by atoms with Crippen LogP contribution >= 0.6 is 0 Å². The van der Waals surface area contributed by atoms with Crippen molar-refractivity contribution >= 4 is 21.4 Å². The van der Waals surface area contributed by atoms with Gasteiger partial charge in [-0.15, -0.1) is 0 Å². The first kappa shape index (κ1) is 15.4. The number of nitrogens with one attached hydrogen (secondary N) is 1. The van der Waals surface area contributed by atoms with Crippen LogP contribution in [0.15, 0.2) is 41.3 Å². The molecule has 0 radical (unpaired) electrons. The molecule has 0 aliphatic heterocycles. The molecule has 0 fully saturated rings. The van der Waals surface area contributed by atoms with Crippen molar-refractivity contribution in [3.8, 4) is 0 Å². The van der Waals surface area contributed by atoms with E-state index >= 15 is 0 Å². The molecule has 0 spiro atoms. The molecule has 2 aromatic rings. The lowest BCUT2D eigenvalue weighted by atomic mass is 10.1. The third-order valence-electron chi connectivity index (χ3n) is 3.56. The van der Waals surface area contributed by atoms with Crippen molar-refractivity contribution in [3.05, 3.63) is 53.1 Å². The summed E-state index contributed by atoms with van der Waals surface area (Å²) < 4.78 is 28.1. The molecule has 112 valence electrons. The summed E-state index contributed by atoms with van der Waals surface area (Å²) >= 11 is 0. The lowest BCUT2D eigenvalue weighted by molar-refractivity contribution is 0.600. The molecule has 0 aliphatic rings. The third kappa shape index (κ3) is 3.03. The molecular weight excluding hydrogens is 284 g/mol. The van der Waals surface area contributed by atoms with Crippen LogP contribution in [0.4, 0.5) is 11.4 Å². The molecule has 0 saturated carbocycles. The number of aryl methyl sites for hydroxylation is 2. The van der Waals surface area contributed by atoms with E-state index in [1.54, 1.807) is 32.0 Å². The SMILES string of the molecule is CCc1ccccc1NS(=O)(=O)c1c(C)ccc(N)c1C. The van der Waals surface area contributed by atoms with E-state index in [4.69, 9.17) is 5.73 Å². The van der Waals surface area contributed by atoms with Gasteiger partial charge in [0.15, 0.2) is 0 Å². The average Bonchev–Trinajstić information content (AvgIpc) is 2.43. The van der Waals surface area contributed by atoms with Crippen LogP contribution in [-0.2, 0) is 16.4 Å². The van der Waals surface area contributed by atoms with Gasteiger partial charge in [-0.05, 0) is 49.1 Å². The first-order chi connectivity index (χ1) is 9.86. The fraction of sp³-hybridized carbons (Fsp3) is 0.250. The van der Waals surface area contributed by atoms with Gasteiger partial charge in [0.05, 0.1) is 10.6 Å². The zero-order valence-electron chi connectivity index (χ0n) is 12.5. The zero-order chi connectivity index (χ0) is 15.6. The Morgan fingerprint density at radius 2 is 1.76 bits per heavy atom. The third-order valence-corrected chi connectivity index (χ3v) is 5.21. The van der Waals surface area contributed by atoms with Crippen molar-refractivity contribution in [2.75, 3.05) is 10.5 Å². The predicted molar refractivity (Wildman–Crippen MR) is 87.0 cm³/mol. The molecule has 3 N–H and O–H groups in total. The molecule has 0 saturated heterocycles. The van der Waals surface area contributed by atoms with Gasteiger partial charge in [0.2, 0.25) is 0 Å². The lowest BCUT2D eigenvalue weighted by Gasteiger charge is -2.16. The van der Waals surface area contributed by atoms with Crippen LogP contribution in [0, 0.1) is 13.8 Å². The lowest BCUT2D eigenvalue weighted by Crippen LogP contribution is -2.17. The van der Waals surface area contributed by atoms with Crippen molar-refractivity contribution in [3.63, 3.8) is 0 Å². The molecule has 4 nitrogen and oxygen atoms in total. The number of benzene rings is 2. The van der Waals surface area contributed by atoms with Gasteiger partial charge in [0.1, 0.15) is 0 Å². The van der Waals surface area contributed by atoms with Crippen molar-refractivity contribution in [1.29, 1.82) is 0 Å². The van der Waals surface area contributed by atoms with E-state index < -0.39 is 10.0 Å². The Balaban J connectivity index is 2.51. The van der Waals surface area contributed by atoms with E-state index in [1.165, 1.54) is 0 Å². The Morgan fingerprint density at radius 3 is 2.43 bits per heavy atom. The molecule has 21 heavy (non-hydrogen) atoms. The summed E-state index contributed by atoms with van der Waals surface area (Å²) in [5.41, 5.74) is 9.15. The number of rotatable bonds is 4. The van der Waals surface area contributed by atoms with Gasteiger partial charge in [0.25, 0.3) is 10.0 Å². The van der Waals surface area contributed by atoms with E-state index in [-0.39, 0.29) is 4.90 Å². The zero-order valence-corrected chi connectivity index (χ0v) is 13.3. The molecule has 0 amide bonds. The fourth-order valence-electron chi connectivity index (χ4n) is 2.38. The maximum atomic E-state index is 12.7. The number of anilines is 2. The van der Waals surface area contributed by atoms with Crippen LogP contribution in [0.25, 0.3) is 0 Å². The summed E-state index contributed by atoms with van der Waals surface area (Å²) in [6, 6.07) is 10.8. The van der Waals surface area contributed by atoms with Gasteiger partial charge >= 0.3 is 0 Å². The minimum atomic E-state index is -3.66. The molecular formula is C16H20N2O2S. The number of hydrogen-bond donors (Lipinski definition) is 2. The monoisotopic (exact) mass is 304 g/mol. The summed E-state index contributed by atoms with van der Waals surface area (Å²) in [5, 5.41) is 0. The summed E-state index contributed by atoms with van der Waals surface area (Å²) in [5.74, 6) is 0.